The molecule has 0 amide bonds. The van der Waals surface area contributed by atoms with E-state index in [0.717, 1.165) is 19.3 Å². The van der Waals surface area contributed by atoms with Gasteiger partial charge < -0.3 is 5.11 Å². The van der Waals surface area contributed by atoms with Gasteiger partial charge in [0.2, 0.25) is 0 Å². The predicted molar refractivity (Wildman–Crippen MR) is 142 cm³/mol. The maximum atomic E-state index is 11.8. The number of carboxylic acid groups (broad SMARTS) is 1. The van der Waals surface area contributed by atoms with Crippen molar-refractivity contribution in [2.45, 2.75) is 49.9 Å². The van der Waals surface area contributed by atoms with Gasteiger partial charge in [-0.15, -0.1) is 0 Å². The van der Waals surface area contributed by atoms with Gasteiger partial charge in [-0.2, -0.15) is 0 Å². The lowest BCUT2D eigenvalue weighted by molar-refractivity contribution is -0.137. The molecule has 35 heavy (non-hydrogen) atoms. The molecule has 0 unspecified atom stereocenters. The molecule has 4 aromatic carbocycles. The fourth-order valence-corrected chi connectivity index (χ4v) is 7.07. The van der Waals surface area contributed by atoms with Crippen LogP contribution in [-0.4, -0.2) is 11.1 Å². The van der Waals surface area contributed by atoms with Crippen molar-refractivity contribution >= 4 is 5.97 Å². The van der Waals surface area contributed by atoms with Gasteiger partial charge in [-0.05, 0) is 70.2 Å². The summed E-state index contributed by atoms with van der Waals surface area (Å²) in [5.74, 6) is -0.729. The second-order valence-corrected chi connectivity index (χ2v) is 10.1. The lowest BCUT2D eigenvalue weighted by Crippen LogP contribution is -2.32. The normalized spacial score (nSPS) is 15.7. The van der Waals surface area contributed by atoms with Crippen molar-refractivity contribution in [2.24, 2.45) is 0 Å². The van der Waals surface area contributed by atoms with Crippen LogP contribution < -0.4 is 0 Å². The summed E-state index contributed by atoms with van der Waals surface area (Å²) in [6.07, 6.45) is 3.67. The van der Waals surface area contributed by atoms with Crippen LogP contribution in [0.3, 0.4) is 0 Å². The standard InChI is InChI=1S/C33H30O2/c1-2-32(27-15-7-3-11-23(27)24-12-4-8-16-28(24)32)21-22-33(20-19-31(34)35)29-17-9-5-13-25(29)26-14-6-10-18-30(26)33/h3-18H,2,19-22H2,1H3,(H,34,35). The van der Waals surface area contributed by atoms with Gasteiger partial charge in [0, 0.05) is 17.3 Å². The zero-order valence-corrected chi connectivity index (χ0v) is 20.1. The summed E-state index contributed by atoms with van der Waals surface area (Å²) in [5.41, 5.74) is 10.2. The maximum absolute atomic E-state index is 11.8. The fourth-order valence-electron chi connectivity index (χ4n) is 7.07. The molecule has 0 saturated carbocycles. The number of hydrogen-bond donors (Lipinski definition) is 1. The monoisotopic (exact) mass is 458 g/mol. The molecular weight excluding hydrogens is 428 g/mol. The Kier molecular flexibility index (Phi) is 5.14. The Morgan fingerprint density at radius 3 is 1.29 bits per heavy atom. The van der Waals surface area contributed by atoms with Gasteiger partial charge in [-0.1, -0.05) is 104 Å². The largest absolute Gasteiger partial charge is 0.481 e. The molecule has 6 rings (SSSR count). The van der Waals surface area contributed by atoms with Crippen LogP contribution in [0, 0.1) is 0 Å². The first-order chi connectivity index (χ1) is 17.1. The predicted octanol–water partition coefficient (Wildman–Crippen LogP) is 7.97. The Morgan fingerprint density at radius 1 is 0.571 bits per heavy atom. The van der Waals surface area contributed by atoms with Crippen molar-refractivity contribution in [3.8, 4) is 22.3 Å². The molecule has 0 bridgehead atoms. The van der Waals surface area contributed by atoms with Crippen molar-refractivity contribution in [3.63, 3.8) is 0 Å². The van der Waals surface area contributed by atoms with Crippen LogP contribution in [0.2, 0.25) is 0 Å². The molecule has 0 heterocycles. The van der Waals surface area contributed by atoms with Gasteiger partial charge in [0.1, 0.15) is 0 Å². The van der Waals surface area contributed by atoms with Crippen LogP contribution >= 0.6 is 0 Å². The quantitative estimate of drug-likeness (QED) is 0.305. The van der Waals surface area contributed by atoms with Gasteiger partial charge in [-0.3, -0.25) is 4.79 Å². The van der Waals surface area contributed by atoms with Gasteiger partial charge >= 0.3 is 5.97 Å². The van der Waals surface area contributed by atoms with Gasteiger partial charge in [0.05, 0.1) is 0 Å². The third kappa shape index (κ3) is 3.13. The molecule has 0 radical (unpaired) electrons. The molecular formula is C33H30O2. The van der Waals surface area contributed by atoms with Crippen molar-refractivity contribution < 1.29 is 9.90 Å². The average Bonchev–Trinajstić information content (AvgIpc) is 3.35. The smallest absolute Gasteiger partial charge is 0.303 e. The SMILES string of the molecule is CCC1(CCC2(CCC(=O)O)c3ccccc3-c3ccccc32)c2ccccc2-c2ccccc21. The Hall–Kier alpha value is -3.65. The Bertz CT molecular complexity index is 1340. The molecule has 0 saturated heterocycles. The average molecular weight is 459 g/mol. The second kappa shape index (κ2) is 8.23. The lowest BCUT2D eigenvalue weighted by atomic mass is 9.65. The molecule has 2 heteroatoms. The Labute approximate surface area is 207 Å². The Balaban J connectivity index is 1.51. The van der Waals surface area contributed by atoms with Crippen molar-refractivity contribution in [1.82, 2.24) is 0 Å². The lowest BCUT2D eigenvalue weighted by Gasteiger charge is -2.38. The minimum Gasteiger partial charge on any atom is -0.481 e. The van der Waals surface area contributed by atoms with E-state index >= 15 is 0 Å². The molecule has 1 N–H and O–H groups in total. The number of aliphatic carboxylic acids is 1. The minimum absolute atomic E-state index is 0.0735. The van der Waals surface area contributed by atoms with Gasteiger partial charge in [0.15, 0.2) is 0 Å². The van der Waals surface area contributed by atoms with Crippen molar-refractivity contribution in [3.05, 3.63) is 119 Å². The van der Waals surface area contributed by atoms with Crippen LogP contribution in [0.25, 0.3) is 22.3 Å². The highest BCUT2D eigenvalue weighted by Crippen LogP contribution is 2.58. The highest BCUT2D eigenvalue weighted by atomic mass is 16.4. The van der Waals surface area contributed by atoms with E-state index in [1.807, 2.05) is 0 Å². The van der Waals surface area contributed by atoms with Gasteiger partial charge in [-0.25, -0.2) is 0 Å². The molecule has 0 aliphatic heterocycles. The van der Waals surface area contributed by atoms with E-state index in [1.54, 1.807) is 0 Å². The van der Waals surface area contributed by atoms with Crippen molar-refractivity contribution in [2.75, 3.05) is 0 Å². The molecule has 0 aromatic heterocycles. The zero-order chi connectivity index (χ0) is 24.0. The molecule has 2 nitrogen and oxygen atoms in total. The first kappa shape index (κ1) is 21.9. The summed E-state index contributed by atoms with van der Waals surface area (Å²) >= 11 is 0. The van der Waals surface area contributed by atoms with E-state index in [4.69, 9.17) is 0 Å². The summed E-state index contributed by atoms with van der Waals surface area (Å²) in [7, 11) is 0. The number of carboxylic acids is 1. The molecule has 2 aliphatic carbocycles. The third-order valence-electron chi connectivity index (χ3n) is 8.70. The highest BCUT2D eigenvalue weighted by Gasteiger charge is 2.47. The first-order valence-electron chi connectivity index (χ1n) is 12.7. The van der Waals surface area contributed by atoms with Crippen LogP contribution in [0.5, 0.6) is 0 Å². The van der Waals surface area contributed by atoms with Crippen LogP contribution in [-0.2, 0) is 15.6 Å². The van der Waals surface area contributed by atoms with Gasteiger partial charge in [0.25, 0.3) is 0 Å². The molecule has 2 aliphatic rings. The van der Waals surface area contributed by atoms with E-state index in [0.29, 0.717) is 6.42 Å². The summed E-state index contributed by atoms with van der Waals surface area (Å²) in [5, 5.41) is 9.72. The Morgan fingerprint density at radius 2 is 0.914 bits per heavy atom. The third-order valence-corrected chi connectivity index (χ3v) is 8.70. The van der Waals surface area contributed by atoms with E-state index in [9.17, 15) is 9.90 Å². The topological polar surface area (TPSA) is 37.3 Å². The number of fused-ring (bicyclic) bond motifs is 6. The van der Waals surface area contributed by atoms with Crippen LogP contribution in [0.1, 0.15) is 61.3 Å². The molecule has 4 aromatic rings. The van der Waals surface area contributed by atoms with Crippen LogP contribution in [0.4, 0.5) is 0 Å². The fraction of sp³-hybridized carbons (Fsp3) is 0.242. The number of hydrogen-bond acceptors (Lipinski definition) is 1. The minimum atomic E-state index is -0.729. The highest BCUT2D eigenvalue weighted by molar-refractivity contribution is 5.83. The molecule has 174 valence electrons. The van der Waals surface area contributed by atoms with Crippen molar-refractivity contribution in [1.29, 1.82) is 0 Å². The number of rotatable bonds is 7. The van der Waals surface area contributed by atoms with E-state index in [-0.39, 0.29) is 17.3 Å². The number of carbonyl (C=O) groups is 1. The summed E-state index contributed by atoms with van der Waals surface area (Å²) in [4.78, 5) is 11.8. The van der Waals surface area contributed by atoms with E-state index < -0.39 is 5.97 Å². The number of benzene rings is 4. The molecule has 0 atom stereocenters. The summed E-state index contributed by atoms with van der Waals surface area (Å²) in [6.45, 7) is 2.30. The summed E-state index contributed by atoms with van der Waals surface area (Å²) < 4.78 is 0. The maximum Gasteiger partial charge on any atom is 0.303 e. The second-order valence-electron chi connectivity index (χ2n) is 10.1. The zero-order valence-electron chi connectivity index (χ0n) is 20.1. The van der Waals surface area contributed by atoms with E-state index in [1.165, 1.54) is 44.5 Å². The molecule has 0 fully saturated rings. The summed E-state index contributed by atoms with van der Waals surface area (Å²) in [6, 6.07) is 35.0. The van der Waals surface area contributed by atoms with E-state index in [2.05, 4.69) is 104 Å². The molecule has 0 spiro atoms. The van der Waals surface area contributed by atoms with Crippen LogP contribution in [0.15, 0.2) is 97.1 Å². The first-order valence-corrected chi connectivity index (χ1v) is 12.7.